The highest BCUT2D eigenvalue weighted by Gasteiger charge is 2.25. The van der Waals surface area contributed by atoms with Gasteiger partial charge in [-0.1, -0.05) is 35.3 Å². The second kappa shape index (κ2) is 8.22. The highest BCUT2D eigenvalue weighted by Crippen LogP contribution is 2.48. The molecule has 142 valence electrons. The van der Waals surface area contributed by atoms with Crippen LogP contribution < -0.4 is 0 Å². The molecule has 0 amide bonds. The number of halogens is 2. The van der Waals surface area contributed by atoms with E-state index in [1.165, 1.54) is 11.3 Å². The summed E-state index contributed by atoms with van der Waals surface area (Å²) in [6, 6.07) is 11.5. The third kappa shape index (κ3) is 3.58. The van der Waals surface area contributed by atoms with Crippen molar-refractivity contribution in [1.29, 1.82) is 5.26 Å². The van der Waals surface area contributed by atoms with Crippen molar-refractivity contribution in [2.45, 2.75) is 6.54 Å². The van der Waals surface area contributed by atoms with Crippen molar-refractivity contribution >= 4 is 34.5 Å². The molecule has 0 saturated heterocycles. The van der Waals surface area contributed by atoms with Gasteiger partial charge in [0.25, 0.3) is 0 Å². The average molecular weight is 437 g/mol. The van der Waals surface area contributed by atoms with Gasteiger partial charge in [-0.3, -0.25) is 4.98 Å². The highest BCUT2D eigenvalue weighted by molar-refractivity contribution is 7.19. The Kier molecular flexibility index (Phi) is 5.50. The topological polar surface area (TPSA) is 54.5 Å². The van der Waals surface area contributed by atoms with Crippen LogP contribution in [0, 0.1) is 11.3 Å². The van der Waals surface area contributed by atoms with Crippen LogP contribution in [0.4, 0.5) is 0 Å². The lowest BCUT2D eigenvalue weighted by Crippen LogP contribution is -1.97. The van der Waals surface area contributed by atoms with Gasteiger partial charge in [-0.15, -0.1) is 17.9 Å². The van der Waals surface area contributed by atoms with Crippen molar-refractivity contribution in [3.8, 4) is 38.3 Å². The summed E-state index contributed by atoms with van der Waals surface area (Å²) < 4.78 is 1.99. The van der Waals surface area contributed by atoms with E-state index in [-0.39, 0.29) is 0 Å². The van der Waals surface area contributed by atoms with Crippen LogP contribution in [0.2, 0.25) is 10.0 Å². The van der Waals surface area contributed by atoms with E-state index in [2.05, 4.69) is 22.6 Å². The molecule has 29 heavy (non-hydrogen) atoms. The van der Waals surface area contributed by atoms with Gasteiger partial charge in [-0.25, -0.2) is 4.98 Å². The van der Waals surface area contributed by atoms with Gasteiger partial charge in [0.2, 0.25) is 0 Å². The lowest BCUT2D eigenvalue weighted by molar-refractivity contribution is 0.834. The van der Waals surface area contributed by atoms with Crippen LogP contribution in [0.5, 0.6) is 0 Å². The maximum atomic E-state index is 10.1. The summed E-state index contributed by atoms with van der Waals surface area (Å²) in [4.78, 5) is 10.4. The van der Waals surface area contributed by atoms with Crippen molar-refractivity contribution in [2.24, 2.45) is 0 Å². The normalized spacial score (nSPS) is 10.7. The molecular weight excluding hydrogens is 423 g/mol. The molecule has 1 aromatic carbocycles. The van der Waals surface area contributed by atoms with Crippen molar-refractivity contribution in [3.05, 3.63) is 83.4 Å². The molecule has 0 atom stereocenters. The van der Waals surface area contributed by atoms with E-state index in [4.69, 9.17) is 23.2 Å². The molecule has 0 radical (unpaired) electrons. The molecule has 0 aliphatic heterocycles. The molecule has 0 aliphatic rings. The monoisotopic (exact) mass is 436 g/mol. The number of pyridine rings is 1. The summed E-state index contributed by atoms with van der Waals surface area (Å²) in [7, 11) is 0. The minimum absolute atomic E-state index is 0.483. The fourth-order valence-corrected chi connectivity index (χ4v) is 4.94. The summed E-state index contributed by atoms with van der Waals surface area (Å²) in [5.41, 5.74) is 2.96. The number of thiophene rings is 1. The van der Waals surface area contributed by atoms with E-state index >= 15 is 0 Å². The lowest BCUT2D eigenvalue weighted by Gasteiger charge is -2.09. The zero-order valence-corrected chi connectivity index (χ0v) is 17.5. The molecule has 3 heterocycles. The molecule has 4 nitrogen and oxygen atoms in total. The number of hydrogen-bond donors (Lipinski definition) is 0. The fourth-order valence-electron chi connectivity index (χ4n) is 3.16. The van der Waals surface area contributed by atoms with Crippen LogP contribution in [0.3, 0.4) is 0 Å². The van der Waals surface area contributed by atoms with Crippen LogP contribution in [0.15, 0.2) is 67.8 Å². The Balaban J connectivity index is 2.06. The highest BCUT2D eigenvalue weighted by atomic mass is 35.5. The first-order valence-electron chi connectivity index (χ1n) is 8.69. The molecule has 0 bridgehead atoms. The Morgan fingerprint density at radius 3 is 2.62 bits per heavy atom. The van der Waals surface area contributed by atoms with Crippen LogP contribution in [-0.2, 0) is 6.54 Å². The maximum Gasteiger partial charge on any atom is 0.150 e. The van der Waals surface area contributed by atoms with E-state index in [1.54, 1.807) is 30.7 Å². The number of nitrogens with zero attached hydrogens (tertiary/aromatic N) is 4. The molecule has 3 aromatic heterocycles. The van der Waals surface area contributed by atoms with E-state index < -0.39 is 0 Å². The Bertz CT molecular complexity index is 1240. The molecule has 4 rings (SSSR count). The number of hydrogen-bond acceptors (Lipinski definition) is 4. The summed E-state index contributed by atoms with van der Waals surface area (Å²) in [6.45, 7) is 4.43. The Hall–Kier alpha value is -2.91. The first-order chi connectivity index (χ1) is 14.1. The number of rotatable bonds is 5. The number of aromatic nitrogens is 3. The van der Waals surface area contributed by atoms with Crippen LogP contribution in [0.25, 0.3) is 32.3 Å². The predicted molar refractivity (Wildman–Crippen MR) is 119 cm³/mol. The maximum absolute atomic E-state index is 10.1. The molecule has 0 unspecified atom stereocenters. The largest absolute Gasteiger partial charge is 0.326 e. The van der Waals surface area contributed by atoms with Crippen molar-refractivity contribution < 1.29 is 0 Å². The Morgan fingerprint density at radius 2 is 1.93 bits per heavy atom. The van der Waals surface area contributed by atoms with Gasteiger partial charge < -0.3 is 4.57 Å². The fraction of sp³-hybridized carbons (Fsp3) is 0.0455. The van der Waals surface area contributed by atoms with Gasteiger partial charge in [-0.05, 0) is 29.8 Å². The number of benzene rings is 1. The van der Waals surface area contributed by atoms with E-state index in [0.717, 1.165) is 32.3 Å². The Labute approximate surface area is 182 Å². The Morgan fingerprint density at radius 1 is 1.14 bits per heavy atom. The zero-order chi connectivity index (χ0) is 20.4. The molecular formula is C22H14Cl2N4S. The zero-order valence-electron chi connectivity index (χ0n) is 15.1. The van der Waals surface area contributed by atoms with Crippen LogP contribution >= 0.6 is 34.5 Å². The number of nitriles is 1. The van der Waals surface area contributed by atoms with Gasteiger partial charge in [0.1, 0.15) is 6.07 Å². The summed E-state index contributed by atoms with van der Waals surface area (Å²) >= 11 is 14.2. The minimum atomic E-state index is 0.483. The van der Waals surface area contributed by atoms with Gasteiger partial charge in [0.15, 0.2) is 5.82 Å². The third-order valence-corrected chi connectivity index (χ3v) is 6.19. The quantitative estimate of drug-likeness (QED) is 0.326. The number of imidazole rings is 1. The molecule has 4 aromatic rings. The van der Waals surface area contributed by atoms with E-state index in [1.807, 2.05) is 35.0 Å². The van der Waals surface area contributed by atoms with Crippen LogP contribution in [-0.4, -0.2) is 14.5 Å². The van der Waals surface area contributed by atoms with Crippen molar-refractivity contribution in [3.63, 3.8) is 0 Å². The smallest absolute Gasteiger partial charge is 0.150 e. The minimum Gasteiger partial charge on any atom is -0.326 e. The molecule has 0 saturated carbocycles. The third-order valence-electron chi connectivity index (χ3n) is 4.41. The van der Waals surface area contributed by atoms with Gasteiger partial charge >= 0.3 is 0 Å². The second-order valence-corrected chi connectivity index (χ2v) is 8.04. The SMILES string of the molecule is C=CCn1ccnc1-c1sc(-c2ccncc2)c(C#N)c1-c1ccc(Cl)cc1Cl. The molecule has 0 N–H and O–H groups in total. The van der Waals surface area contributed by atoms with Crippen molar-refractivity contribution in [1.82, 2.24) is 14.5 Å². The van der Waals surface area contributed by atoms with Gasteiger partial charge in [0, 0.05) is 52.5 Å². The van der Waals surface area contributed by atoms with Crippen molar-refractivity contribution in [2.75, 3.05) is 0 Å². The molecule has 0 spiro atoms. The summed E-state index contributed by atoms with van der Waals surface area (Å²) in [6.07, 6.45) is 8.86. The van der Waals surface area contributed by atoms with E-state index in [9.17, 15) is 5.26 Å². The van der Waals surface area contributed by atoms with Crippen LogP contribution in [0.1, 0.15) is 5.56 Å². The summed E-state index contributed by atoms with van der Waals surface area (Å²) in [5, 5.41) is 11.1. The summed E-state index contributed by atoms with van der Waals surface area (Å²) in [5.74, 6) is 0.757. The van der Waals surface area contributed by atoms with E-state index in [0.29, 0.717) is 22.2 Å². The van der Waals surface area contributed by atoms with Gasteiger partial charge in [0.05, 0.1) is 15.3 Å². The first kappa shape index (κ1) is 19.4. The average Bonchev–Trinajstić information content (AvgIpc) is 3.33. The standard InChI is InChI=1S/C22H14Cl2N4S/c1-2-10-28-11-9-27-22(28)21-19(16-4-3-15(23)12-18(16)24)17(13-25)20(29-21)14-5-7-26-8-6-14/h2-9,11-12H,1,10H2. The second-order valence-electron chi connectivity index (χ2n) is 6.17. The number of allylic oxidation sites excluding steroid dienone is 1. The van der Waals surface area contributed by atoms with Gasteiger partial charge in [-0.2, -0.15) is 5.26 Å². The first-order valence-corrected chi connectivity index (χ1v) is 10.3. The molecule has 0 fully saturated rings. The molecule has 7 heteroatoms. The predicted octanol–water partition coefficient (Wildman–Crippen LogP) is 6.71. The molecule has 0 aliphatic carbocycles. The lowest BCUT2D eigenvalue weighted by atomic mass is 9.98.